The van der Waals surface area contributed by atoms with Crippen LogP contribution in [-0.2, 0) is 0 Å². The van der Waals surface area contributed by atoms with Crippen LogP contribution in [0.15, 0.2) is 57.4 Å². The summed E-state index contributed by atoms with van der Waals surface area (Å²) >= 11 is 3.42. The highest BCUT2D eigenvalue weighted by molar-refractivity contribution is 9.10. The topological polar surface area (TPSA) is 56.2 Å². The second-order valence-electron chi connectivity index (χ2n) is 4.15. The Kier molecular flexibility index (Phi) is 2.87. The van der Waals surface area contributed by atoms with Crippen molar-refractivity contribution in [2.75, 3.05) is 5.73 Å². The van der Waals surface area contributed by atoms with Gasteiger partial charge in [0.1, 0.15) is 5.58 Å². The highest BCUT2D eigenvalue weighted by atomic mass is 79.9. The third kappa shape index (κ3) is 1.94. The molecule has 0 spiro atoms. The molecule has 3 rings (SSSR count). The molecule has 3 aromatic rings. The Balaban J connectivity index is 2.19. The van der Waals surface area contributed by atoms with Gasteiger partial charge >= 0.3 is 0 Å². The molecular formula is C15H10BrNO2. The van der Waals surface area contributed by atoms with Crippen molar-refractivity contribution < 1.29 is 9.21 Å². The van der Waals surface area contributed by atoms with Crippen LogP contribution in [0.4, 0.5) is 5.69 Å². The van der Waals surface area contributed by atoms with Crippen LogP contribution in [0, 0.1) is 0 Å². The number of nitrogens with two attached hydrogens (primary N) is 1. The maximum absolute atomic E-state index is 12.4. The lowest BCUT2D eigenvalue weighted by Gasteiger charge is -1.98. The molecule has 94 valence electrons. The smallest absolute Gasteiger partial charge is 0.230 e. The lowest BCUT2D eigenvalue weighted by atomic mass is 10.1. The summed E-state index contributed by atoms with van der Waals surface area (Å²) in [5.41, 5.74) is 7.57. The molecule has 1 heterocycles. The monoisotopic (exact) mass is 315 g/mol. The van der Waals surface area contributed by atoms with Crippen LogP contribution in [-0.4, -0.2) is 5.78 Å². The number of ketones is 1. The van der Waals surface area contributed by atoms with Crippen LogP contribution in [0.2, 0.25) is 0 Å². The van der Waals surface area contributed by atoms with Gasteiger partial charge in [-0.3, -0.25) is 4.79 Å². The van der Waals surface area contributed by atoms with Crippen molar-refractivity contribution in [3.63, 3.8) is 0 Å². The van der Waals surface area contributed by atoms with Crippen LogP contribution < -0.4 is 5.73 Å². The molecular weight excluding hydrogens is 306 g/mol. The molecule has 0 aliphatic carbocycles. The van der Waals surface area contributed by atoms with E-state index in [1.54, 1.807) is 18.2 Å². The summed E-state index contributed by atoms with van der Waals surface area (Å²) < 4.78 is 6.41. The first-order valence-corrected chi connectivity index (χ1v) is 6.54. The first-order valence-electron chi connectivity index (χ1n) is 5.74. The molecule has 0 aliphatic rings. The number of hydrogen-bond donors (Lipinski definition) is 1. The van der Waals surface area contributed by atoms with Crippen molar-refractivity contribution in [3.05, 3.63) is 64.3 Å². The van der Waals surface area contributed by atoms with Crippen molar-refractivity contribution >= 4 is 38.4 Å². The minimum Gasteiger partial charge on any atom is -0.450 e. The van der Waals surface area contributed by atoms with Crippen molar-refractivity contribution in [1.82, 2.24) is 0 Å². The van der Waals surface area contributed by atoms with Crippen LogP contribution >= 0.6 is 15.9 Å². The number of furan rings is 1. The molecule has 3 nitrogen and oxygen atoms in total. The molecule has 2 N–H and O–H groups in total. The number of carbonyl (C=O) groups is 1. The molecule has 0 saturated carbocycles. The molecule has 0 fully saturated rings. The van der Waals surface area contributed by atoms with Crippen LogP contribution in [0.1, 0.15) is 16.1 Å². The minimum absolute atomic E-state index is 0.188. The van der Waals surface area contributed by atoms with E-state index in [0.717, 1.165) is 9.86 Å². The summed E-state index contributed by atoms with van der Waals surface area (Å²) in [5.74, 6) is -0.0192. The zero-order chi connectivity index (χ0) is 13.4. The molecule has 19 heavy (non-hydrogen) atoms. The van der Waals surface area contributed by atoms with E-state index < -0.39 is 0 Å². The number of rotatable bonds is 2. The number of carbonyl (C=O) groups excluding carboxylic acids is 1. The van der Waals surface area contributed by atoms with Crippen molar-refractivity contribution in [2.24, 2.45) is 0 Å². The lowest BCUT2D eigenvalue weighted by Crippen LogP contribution is -2.02. The third-order valence-electron chi connectivity index (χ3n) is 2.94. The summed E-state index contributed by atoms with van der Waals surface area (Å²) in [6.45, 7) is 0. The first-order chi connectivity index (χ1) is 9.18. The van der Waals surface area contributed by atoms with Crippen LogP contribution in [0.25, 0.3) is 11.0 Å². The van der Waals surface area contributed by atoms with E-state index in [4.69, 9.17) is 10.2 Å². The number of nitrogen functional groups attached to an aromatic ring is 1. The average Bonchev–Trinajstić information content (AvgIpc) is 2.78. The average molecular weight is 316 g/mol. The van der Waals surface area contributed by atoms with Crippen LogP contribution in [0.5, 0.6) is 0 Å². The van der Waals surface area contributed by atoms with Gasteiger partial charge in [0.2, 0.25) is 5.78 Å². The fourth-order valence-corrected chi connectivity index (χ4v) is 2.58. The van der Waals surface area contributed by atoms with Gasteiger partial charge in [-0.1, -0.05) is 36.4 Å². The van der Waals surface area contributed by atoms with E-state index in [0.29, 0.717) is 16.8 Å². The quantitative estimate of drug-likeness (QED) is 0.727. The van der Waals surface area contributed by atoms with E-state index in [9.17, 15) is 4.79 Å². The number of anilines is 1. The molecule has 4 heteroatoms. The van der Waals surface area contributed by atoms with Gasteiger partial charge in [0.15, 0.2) is 5.76 Å². The summed E-state index contributed by atoms with van der Waals surface area (Å²) in [6.07, 6.45) is 0. The van der Waals surface area contributed by atoms with E-state index in [2.05, 4.69) is 15.9 Å². The zero-order valence-electron chi connectivity index (χ0n) is 9.89. The summed E-state index contributed by atoms with van der Waals surface area (Å²) in [5, 5.41) is 0.738. The fraction of sp³-hybridized carbons (Fsp3) is 0. The number of fused-ring (bicyclic) bond motifs is 1. The largest absolute Gasteiger partial charge is 0.450 e. The van der Waals surface area contributed by atoms with E-state index in [1.165, 1.54) is 0 Å². The minimum atomic E-state index is -0.207. The van der Waals surface area contributed by atoms with Gasteiger partial charge in [0, 0.05) is 10.0 Å². The highest BCUT2D eigenvalue weighted by Crippen LogP contribution is 2.34. The van der Waals surface area contributed by atoms with E-state index in [1.807, 2.05) is 30.3 Å². The van der Waals surface area contributed by atoms with Crippen molar-refractivity contribution in [2.45, 2.75) is 0 Å². The Morgan fingerprint density at radius 1 is 1.05 bits per heavy atom. The Morgan fingerprint density at radius 2 is 1.79 bits per heavy atom. The fourth-order valence-electron chi connectivity index (χ4n) is 2.02. The predicted molar refractivity (Wildman–Crippen MR) is 78.2 cm³/mol. The van der Waals surface area contributed by atoms with Gasteiger partial charge < -0.3 is 10.2 Å². The van der Waals surface area contributed by atoms with Crippen molar-refractivity contribution in [3.8, 4) is 0 Å². The molecule has 0 amide bonds. The molecule has 0 unspecified atom stereocenters. The van der Waals surface area contributed by atoms with Gasteiger partial charge in [0.05, 0.1) is 11.1 Å². The predicted octanol–water partition coefficient (Wildman–Crippen LogP) is 4.01. The Hall–Kier alpha value is -2.07. The normalized spacial score (nSPS) is 10.8. The number of halogens is 1. The molecule has 0 radical (unpaired) electrons. The highest BCUT2D eigenvalue weighted by Gasteiger charge is 2.20. The van der Waals surface area contributed by atoms with Gasteiger partial charge in [0.25, 0.3) is 0 Å². The molecule has 0 aliphatic heterocycles. The van der Waals surface area contributed by atoms with E-state index in [-0.39, 0.29) is 11.5 Å². The molecule has 0 atom stereocenters. The lowest BCUT2D eigenvalue weighted by molar-refractivity contribution is 0.101. The zero-order valence-corrected chi connectivity index (χ0v) is 11.5. The second-order valence-corrected chi connectivity index (χ2v) is 5.01. The van der Waals surface area contributed by atoms with Gasteiger partial charge in [-0.05, 0) is 28.1 Å². The van der Waals surface area contributed by atoms with Gasteiger partial charge in [-0.15, -0.1) is 0 Å². The maximum Gasteiger partial charge on any atom is 0.230 e. The Morgan fingerprint density at radius 3 is 2.47 bits per heavy atom. The summed E-state index contributed by atoms with van der Waals surface area (Å²) in [6, 6.07) is 14.4. The van der Waals surface area contributed by atoms with Gasteiger partial charge in [-0.25, -0.2) is 0 Å². The third-order valence-corrected chi connectivity index (χ3v) is 3.60. The molecule has 0 saturated heterocycles. The maximum atomic E-state index is 12.4. The Labute approximate surface area is 118 Å². The standard InChI is InChI=1S/C15H10BrNO2/c16-10-7-4-8-11-12(10)13(17)15(19-11)14(18)9-5-2-1-3-6-9/h1-8H,17H2. The van der Waals surface area contributed by atoms with Gasteiger partial charge in [-0.2, -0.15) is 0 Å². The van der Waals surface area contributed by atoms with Crippen LogP contribution in [0.3, 0.4) is 0 Å². The SMILES string of the molecule is Nc1c(C(=O)c2ccccc2)oc2cccc(Br)c12. The van der Waals surface area contributed by atoms with Crippen molar-refractivity contribution in [1.29, 1.82) is 0 Å². The summed E-state index contributed by atoms with van der Waals surface area (Å²) in [4.78, 5) is 12.4. The second kappa shape index (κ2) is 4.55. The number of hydrogen-bond acceptors (Lipinski definition) is 3. The summed E-state index contributed by atoms with van der Waals surface area (Å²) in [7, 11) is 0. The Bertz CT molecular complexity index is 762. The molecule has 2 aromatic carbocycles. The molecule has 1 aromatic heterocycles. The first kappa shape index (κ1) is 12.0. The number of benzene rings is 2. The van der Waals surface area contributed by atoms with E-state index >= 15 is 0 Å². The molecule has 0 bridgehead atoms.